The molecule has 0 atom stereocenters. The van der Waals surface area contributed by atoms with E-state index in [4.69, 9.17) is 4.74 Å². The lowest BCUT2D eigenvalue weighted by molar-refractivity contribution is -0.384. The predicted octanol–water partition coefficient (Wildman–Crippen LogP) is 4.93. The van der Waals surface area contributed by atoms with Crippen molar-refractivity contribution in [1.29, 1.82) is 0 Å². The standard InChI is InChI=1S/C26H23N3O5/c1-15-5-12-22(34-4)21(13-15)27-24-23(18-7-10-19(11-8-18)29(32)33)25(30)28(26(24)31)20-9-6-16(2)17(3)14-20/h5-14,27H,1-4H3. The summed E-state index contributed by atoms with van der Waals surface area (Å²) in [5.41, 5.74) is 4.37. The molecule has 0 unspecified atom stereocenters. The summed E-state index contributed by atoms with van der Waals surface area (Å²) in [7, 11) is 1.52. The van der Waals surface area contributed by atoms with Gasteiger partial charge in [-0.25, -0.2) is 4.90 Å². The molecule has 172 valence electrons. The zero-order chi connectivity index (χ0) is 24.6. The Morgan fingerprint density at radius 1 is 0.882 bits per heavy atom. The Labute approximate surface area is 196 Å². The molecule has 0 radical (unpaired) electrons. The highest BCUT2D eigenvalue weighted by Gasteiger charge is 2.40. The number of methoxy groups -OCH3 is 1. The molecule has 8 heteroatoms. The van der Waals surface area contributed by atoms with Crippen molar-refractivity contribution >= 4 is 34.4 Å². The first kappa shape index (κ1) is 22.7. The van der Waals surface area contributed by atoms with E-state index in [2.05, 4.69) is 5.32 Å². The van der Waals surface area contributed by atoms with Crippen LogP contribution in [0, 0.1) is 30.9 Å². The molecule has 0 spiro atoms. The first-order valence-electron chi connectivity index (χ1n) is 10.6. The molecule has 0 saturated carbocycles. The van der Waals surface area contributed by atoms with Gasteiger partial charge in [0.05, 0.1) is 29.0 Å². The Morgan fingerprint density at radius 2 is 1.59 bits per heavy atom. The Balaban J connectivity index is 1.86. The number of imide groups is 1. The SMILES string of the molecule is COc1ccc(C)cc1NC1=C(c2ccc([N+](=O)[O-])cc2)C(=O)N(c2ccc(C)c(C)c2)C1=O. The lowest BCUT2D eigenvalue weighted by Gasteiger charge is -2.17. The maximum atomic E-state index is 13.6. The summed E-state index contributed by atoms with van der Waals surface area (Å²) < 4.78 is 5.43. The zero-order valence-electron chi connectivity index (χ0n) is 19.2. The van der Waals surface area contributed by atoms with Gasteiger partial charge in [0.2, 0.25) is 0 Å². The molecular weight excluding hydrogens is 434 g/mol. The second-order valence-electron chi connectivity index (χ2n) is 8.10. The minimum atomic E-state index is -0.523. The molecule has 1 aliphatic rings. The van der Waals surface area contributed by atoms with Crippen LogP contribution in [0.4, 0.5) is 17.1 Å². The van der Waals surface area contributed by atoms with Crippen molar-refractivity contribution in [3.8, 4) is 5.75 Å². The highest BCUT2D eigenvalue weighted by atomic mass is 16.6. The first-order valence-corrected chi connectivity index (χ1v) is 10.6. The van der Waals surface area contributed by atoms with Crippen LogP contribution < -0.4 is 15.0 Å². The molecule has 1 N–H and O–H groups in total. The molecule has 0 saturated heterocycles. The molecule has 3 aromatic rings. The van der Waals surface area contributed by atoms with Crippen LogP contribution in [0.25, 0.3) is 5.57 Å². The van der Waals surface area contributed by atoms with Gasteiger partial charge < -0.3 is 10.1 Å². The van der Waals surface area contributed by atoms with Gasteiger partial charge in [-0.1, -0.05) is 12.1 Å². The lowest BCUT2D eigenvalue weighted by atomic mass is 10.0. The molecule has 1 aliphatic heterocycles. The van der Waals surface area contributed by atoms with Crippen LogP contribution in [0.1, 0.15) is 22.3 Å². The normalized spacial score (nSPS) is 13.5. The van der Waals surface area contributed by atoms with Gasteiger partial charge in [-0.2, -0.15) is 0 Å². The quantitative estimate of drug-likeness (QED) is 0.320. The van der Waals surface area contributed by atoms with E-state index in [1.807, 2.05) is 39.0 Å². The van der Waals surface area contributed by atoms with Gasteiger partial charge in [0.25, 0.3) is 17.5 Å². The average Bonchev–Trinajstić information content (AvgIpc) is 3.05. The minimum Gasteiger partial charge on any atom is -0.495 e. The largest absolute Gasteiger partial charge is 0.495 e. The Kier molecular flexibility index (Phi) is 5.89. The van der Waals surface area contributed by atoms with E-state index in [0.717, 1.165) is 21.6 Å². The molecular formula is C26H23N3O5. The number of nitrogens with one attached hydrogen (secondary N) is 1. The summed E-state index contributed by atoms with van der Waals surface area (Å²) in [6.45, 7) is 5.76. The van der Waals surface area contributed by atoms with Crippen LogP contribution in [-0.2, 0) is 9.59 Å². The molecule has 4 rings (SSSR count). The number of ether oxygens (including phenoxy) is 1. The van der Waals surface area contributed by atoms with Crippen LogP contribution in [0.3, 0.4) is 0 Å². The second kappa shape index (κ2) is 8.82. The van der Waals surface area contributed by atoms with E-state index in [0.29, 0.717) is 22.7 Å². The number of rotatable bonds is 6. The summed E-state index contributed by atoms with van der Waals surface area (Å²) in [5.74, 6) is -0.535. The van der Waals surface area contributed by atoms with Gasteiger partial charge in [-0.3, -0.25) is 19.7 Å². The van der Waals surface area contributed by atoms with Crippen molar-refractivity contribution in [2.75, 3.05) is 17.3 Å². The third-order valence-electron chi connectivity index (χ3n) is 5.81. The van der Waals surface area contributed by atoms with Crippen LogP contribution in [0.2, 0.25) is 0 Å². The zero-order valence-corrected chi connectivity index (χ0v) is 19.2. The van der Waals surface area contributed by atoms with Crippen molar-refractivity contribution in [2.24, 2.45) is 0 Å². The maximum Gasteiger partial charge on any atom is 0.282 e. The highest BCUT2D eigenvalue weighted by molar-refractivity contribution is 6.46. The van der Waals surface area contributed by atoms with E-state index in [-0.39, 0.29) is 17.0 Å². The summed E-state index contributed by atoms with van der Waals surface area (Å²) in [6.07, 6.45) is 0. The number of non-ortho nitro benzene ring substituents is 1. The number of nitro groups is 1. The van der Waals surface area contributed by atoms with Gasteiger partial charge in [-0.15, -0.1) is 0 Å². The van der Waals surface area contributed by atoms with Crippen LogP contribution in [0.5, 0.6) is 5.75 Å². The molecule has 0 fully saturated rings. The summed E-state index contributed by atoms with van der Waals surface area (Å²) >= 11 is 0. The molecule has 1 heterocycles. The van der Waals surface area contributed by atoms with E-state index in [1.54, 1.807) is 18.2 Å². The van der Waals surface area contributed by atoms with Gasteiger partial charge in [0.15, 0.2) is 0 Å². The summed E-state index contributed by atoms with van der Waals surface area (Å²) in [5, 5.41) is 14.2. The first-order chi connectivity index (χ1) is 16.2. The number of hydrogen-bond acceptors (Lipinski definition) is 6. The maximum absolute atomic E-state index is 13.6. The summed E-state index contributed by atoms with van der Waals surface area (Å²) in [6, 6.07) is 16.4. The van der Waals surface area contributed by atoms with Crippen molar-refractivity contribution in [2.45, 2.75) is 20.8 Å². The fraction of sp³-hybridized carbons (Fsp3) is 0.154. The van der Waals surface area contributed by atoms with Crippen molar-refractivity contribution in [3.63, 3.8) is 0 Å². The van der Waals surface area contributed by atoms with E-state index >= 15 is 0 Å². The van der Waals surface area contributed by atoms with E-state index < -0.39 is 16.7 Å². The monoisotopic (exact) mass is 457 g/mol. The van der Waals surface area contributed by atoms with Crippen molar-refractivity contribution in [1.82, 2.24) is 0 Å². The molecule has 0 aromatic heterocycles. The van der Waals surface area contributed by atoms with Crippen LogP contribution in [-0.4, -0.2) is 23.8 Å². The number of aryl methyl sites for hydroxylation is 3. The Hall–Kier alpha value is -4.46. The number of hydrogen-bond donors (Lipinski definition) is 1. The molecule has 2 amide bonds. The van der Waals surface area contributed by atoms with Gasteiger partial charge >= 0.3 is 0 Å². The van der Waals surface area contributed by atoms with Crippen LogP contribution >= 0.6 is 0 Å². The van der Waals surface area contributed by atoms with E-state index in [1.165, 1.54) is 31.4 Å². The minimum absolute atomic E-state index is 0.0704. The smallest absolute Gasteiger partial charge is 0.282 e. The molecule has 8 nitrogen and oxygen atoms in total. The number of benzene rings is 3. The lowest BCUT2D eigenvalue weighted by Crippen LogP contribution is -2.32. The third-order valence-corrected chi connectivity index (χ3v) is 5.81. The topological polar surface area (TPSA) is 102 Å². The van der Waals surface area contributed by atoms with Gasteiger partial charge in [-0.05, 0) is 79.4 Å². The number of carbonyl (C=O) groups excluding carboxylic acids is 2. The third kappa shape index (κ3) is 4.01. The highest BCUT2D eigenvalue weighted by Crippen LogP contribution is 2.36. The Morgan fingerprint density at radius 3 is 2.21 bits per heavy atom. The number of amides is 2. The summed E-state index contributed by atoms with van der Waals surface area (Å²) in [4.78, 5) is 38.9. The number of carbonyl (C=O) groups is 2. The number of anilines is 2. The Bertz CT molecular complexity index is 1360. The van der Waals surface area contributed by atoms with Gasteiger partial charge in [0, 0.05) is 12.1 Å². The van der Waals surface area contributed by atoms with Gasteiger partial charge in [0.1, 0.15) is 11.4 Å². The molecule has 0 bridgehead atoms. The predicted molar refractivity (Wildman–Crippen MR) is 130 cm³/mol. The van der Waals surface area contributed by atoms with Crippen molar-refractivity contribution < 1.29 is 19.2 Å². The number of nitro benzene ring substituents is 1. The second-order valence-corrected chi connectivity index (χ2v) is 8.10. The number of nitrogens with zero attached hydrogens (tertiary/aromatic N) is 2. The molecule has 34 heavy (non-hydrogen) atoms. The molecule has 3 aromatic carbocycles. The fourth-order valence-corrected chi connectivity index (χ4v) is 3.82. The van der Waals surface area contributed by atoms with E-state index in [9.17, 15) is 19.7 Å². The molecule has 0 aliphatic carbocycles. The fourth-order valence-electron chi connectivity index (χ4n) is 3.82. The average molecular weight is 457 g/mol. The van der Waals surface area contributed by atoms with Crippen molar-refractivity contribution in [3.05, 3.63) is 98.7 Å². The van der Waals surface area contributed by atoms with Crippen LogP contribution in [0.15, 0.2) is 66.4 Å².